The van der Waals surface area contributed by atoms with Crippen molar-refractivity contribution in [1.82, 2.24) is 15.0 Å². The maximum absolute atomic E-state index is 12.8. The Morgan fingerprint density at radius 1 is 1.08 bits per heavy atom. The molecule has 0 unspecified atom stereocenters. The highest BCUT2D eigenvalue weighted by molar-refractivity contribution is 5.61. The number of rotatable bonds is 3. The van der Waals surface area contributed by atoms with Crippen LogP contribution in [-0.4, -0.2) is 19.9 Å². The summed E-state index contributed by atoms with van der Waals surface area (Å²) < 4.78 is 39.5. The van der Waals surface area contributed by atoms with Crippen molar-refractivity contribution in [3.05, 3.63) is 70.4 Å². The van der Waals surface area contributed by atoms with E-state index in [1.165, 1.54) is 41.2 Å². The number of nitro groups is 1. The Balaban J connectivity index is 1.97. The first kappa shape index (κ1) is 15.7. The van der Waals surface area contributed by atoms with E-state index in [1.54, 1.807) is 6.07 Å². The van der Waals surface area contributed by atoms with Crippen molar-refractivity contribution in [3.8, 4) is 16.9 Å². The van der Waals surface area contributed by atoms with Gasteiger partial charge in [0.25, 0.3) is 5.69 Å². The first-order chi connectivity index (χ1) is 11.3. The molecule has 6 nitrogen and oxygen atoms in total. The Kier molecular flexibility index (Phi) is 3.76. The van der Waals surface area contributed by atoms with Gasteiger partial charge in [-0.05, 0) is 18.2 Å². The molecular formula is C15H9F3N4O2. The van der Waals surface area contributed by atoms with Gasteiger partial charge in [-0.25, -0.2) is 4.68 Å². The van der Waals surface area contributed by atoms with Gasteiger partial charge < -0.3 is 0 Å². The van der Waals surface area contributed by atoms with Crippen molar-refractivity contribution >= 4 is 5.69 Å². The number of halogens is 3. The maximum Gasteiger partial charge on any atom is 0.416 e. The molecule has 0 fully saturated rings. The average molecular weight is 334 g/mol. The molecule has 0 N–H and O–H groups in total. The molecule has 0 amide bonds. The second-order valence-corrected chi connectivity index (χ2v) is 4.90. The Labute approximate surface area is 133 Å². The van der Waals surface area contributed by atoms with Gasteiger partial charge in [0.05, 0.1) is 22.4 Å². The molecule has 0 spiro atoms. The molecular weight excluding hydrogens is 325 g/mol. The molecule has 1 aromatic heterocycles. The average Bonchev–Trinajstić information content (AvgIpc) is 3.04. The minimum atomic E-state index is -4.46. The van der Waals surface area contributed by atoms with Gasteiger partial charge in [-0.2, -0.15) is 13.2 Å². The second-order valence-electron chi connectivity index (χ2n) is 4.90. The highest BCUT2D eigenvalue weighted by Gasteiger charge is 2.30. The van der Waals surface area contributed by atoms with Gasteiger partial charge in [-0.3, -0.25) is 10.1 Å². The summed E-state index contributed by atoms with van der Waals surface area (Å²) in [6, 6.07) is 10.4. The third kappa shape index (κ3) is 3.09. The van der Waals surface area contributed by atoms with Gasteiger partial charge >= 0.3 is 6.18 Å². The van der Waals surface area contributed by atoms with Gasteiger partial charge in [0.15, 0.2) is 0 Å². The summed E-state index contributed by atoms with van der Waals surface area (Å²) in [4.78, 5) is 10.3. The molecule has 0 saturated heterocycles. The minimum Gasteiger partial charge on any atom is -0.258 e. The van der Waals surface area contributed by atoms with E-state index in [9.17, 15) is 23.3 Å². The predicted molar refractivity (Wildman–Crippen MR) is 78.5 cm³/mol. The van der Waals surface area contributed by atoms with Crippen LogP contribution < -0.4 is 0 Å². The molecule has 0 bridgehead atoms. The fraction of sp³-hybridized carbons (Fsp3) is 0.0667. The molecule has 0 aliphatic rings. The van der Waals surface area contributed by atoms with Crippen LogP contribution in [0.4, 0.5) is 18.9 Å². The van der Waals surface area contributed by atoms with E-state index in [2.05, 4.69) is 10.3 Å². The second kappa shape index (κ2) is 5.76. The SMILES string of the molecule is O=[N+]([O-])c1cccc(-c2cn(-c3cccc(C(F)(F)F)c3)nn2)c1. The molecule has 3 aromatic rings. The quantitative estimate of drug-likeness (QED) is 0.538. The number of alkyl halides is 3. The highest BCUT2D eigenvalue weighted by Crippen LogP contribution is 2.30. The van der Waals surface area contributed by atoms with Gasteiger partial charge in [0, 0.05) is 17.7 Å². The van der Waals surface area contributed by atoms with Crippen LogP contribution in [-0.2, 0) is 6.18 Å². The molecule has 24 heavy (non-hydrogen) atoms. The smallest absolute Gasteiger partial charge is 0.258 e. The summed E-state index contributed by atoms with van der Waals surface area (Å²) in [7, 11) is 0. The van der Waals surface area contributed by atoms with Crippen LogP contribution in [0, 0.1) is 10.1 Å². The van der Waals surface area contributed by atoms with Gasteiger partial charge in [0.2, 0.25) is 0 Å². The van der Waals surface area contributed by atoms with E-state index in [4.69, 9.17) is 0 Å². The van der Waals surface area contributed by atoms with Crippen LogP contribution >= 0.6 is 0 Å². The monoisotopic (exact) mass is 334 g/mol. The molecule has 2 aromatic carbocycles. The maximum atomic E-state index is 12.8. The number of hydrogen-bond donors (Lipinski definition) is 0. The summed E-state index contributed by atoms with van der Waals surface area (Å²) in [6.45, 7) is 0. The Morgan fingerprint density at radius 3 is 2.54 bits per heavy atom. The van der Waals surface area contributed by atoms with Gasteiger partial charge in [-0.15, -0.1) is 5.10 Å². The van der Waals surface area contributed by atoms with Crippen molar-refractivity contribution in [2.45, 2.75) is 6.18 Å². The lowest BCUT2D eigenvalue weighted by Gasteiger charge is -2.08. The summed E-state index contributed by atoms with van der Waals surface area (Å²) in [5, 5.41) is 18.5. The lowest BCUT2D eigenvalue weighted by Crippen LogP contribution is -2.06. The zero-order valence-corrected chi connectivity index (χ0v) is 11.9. The van der Waals surface area contributed by atoms with Crippen molar-refractivity contribution in [1.29, 1.82) is 0 Å². The Morgan fingerprint density at radius 2 is 1.83 bits per heavy atom. The predicted octanol–water partition coefficient (Wildman–Crippen LogP) is 3.86. The van der Waals surface area contributed by atoms with Gasteiger partial charge in [-0.1, -0.05) is 23.4 Å². The lowest BCUT2D eigenvalue weighted by atomic mass is 10.1. The van der Waals surface area contributed by atoms with E-state index in [1.807, 2.05) is 0 Å². The lowest BCUT2D eigenvalue weighted by molar-refractivity contribution is -0.384. The molecule has 9 heteroatoms. The van der Waals surface area contributed by atoms with Crippen LogP contribution in [0.3, 0.4) is 0 Å². The van der Waals surface area contributed by atoms with E-state index < -0.39 is 16.7 Å². The topological polar surface area (TPSA) is 73.8 Å². The Bertz CT molecular complexity index is 905. The minimum absolute atomic E-state index is 0.110. The van der Waals surface area contributed by atoms with E-state index in [0.29, 0.717) is 11.3 Å². The molecule has 0 radical (unpaired) electrons. The number of nitrogens with zero attached hydrogens (tertiary/aromatic N) is 4. The van der Waals surface area contributed by atoms with E-state index >= 15 is 0 Å². The highest BCUT2D eigenvalue weighted by atomic mass is 19.4. The van der Waals surface area contributed by atoms with Crippen molar-refractivity contribution in [2.24, 2.45) is 0 Å². The standard InChI is InChI=1S/C15H9F3N4O2/c16-15(17,18)11-4-2-5-12(8-11)21-9-14(19-20-21)10-3-1-6-13(7-10)22(23)24/h1-9H. The first-order valence-corrected chi connectivity index (χ1v) is 6.69. The van der Waals surface area contributed by atoms with Crippen molar-refractivity contribution in [2.75, 3.05) is 0 Å². The van der Waals surface area contributed by atoms with Gasteiger partial charge in [0.1, 0.15) is 5.69 Å². The molecule has 0 atom stereocenters. The van der Waals surface area contributed by atoms with Crippen LogP contribution in [0.1, 0.15) is 5.56 Å². The fourth-order valence-electron chi connectivity index (χ4n) is 2.13. The zero-order chi connectivity index (χ0) is 17.3. The zero-order valence-electron chi connectivity index (χ0n) is 11.9. The summed E-state index contributed by atoms with van der Waals surface area (Å²) in [6.07, 6.45) is -3.05. The van der Waals surface area contributed by atoms with Crippen molar-refractivity contribution in [3.63, 3.8) is 0 Å². The number of nitro benzene ring substituents is 1. The molecule has 0 saturated carbocycles. The molecule has 1 heterocycles. The number of benzene rings is 2. The third-order valence-corrected chi connectivity index (χ3v) is 3.28. The first-order valence-electron chi connectivity index (χ1n) is 6.69. The summed E-state index contributed by atoms with van der Waals surface area (Å²) in [5.41, 5.74) is 0.0426. The summed E-state index contributed by atoms with van der Waals surface area (Å²) >= 11 is 0. The normalized spacial score (nSPS) is 11.5. The number of aromatic nitrogens is 3. The molecule has 122 valence electrons. The molecule has 3 rings (SSSR count). The molecule has 0 aliphatic carbocycles. The van der Waals surface area contributed by atoms with Crippen LogP contribution in [0.2, 0.25) is 0 Å². The Hall–Kier alpha value is -3.23. The van der Waals surface area contributed by atoms with E-state index in [0.717, 1.165) is 12.1 Å². The van der Waals surface area contributed by atoms with Crippen LogP contribution in [0.5, 0.6) is 0 Å². The number of hydrogen-bond acceptors (Lipinski definition) is 4. The largest absolute Gasteiger partial charge is 0.416 e. The van der Waals surface area contributed by atoms with E-state index in [-0.39, 0.29) is 11.4 Å². The fourth-order valence-corrected chi connectivity index (χ4v) is 2.13. The molecule has 0 aliphatic heterocycles. The van der Waals surface area contributed by atoms with Crippen molar-refractivity contribution < 1.29 is 18.1 Å². The van der Waals surface area contributed by atoms with Crippen LogP contribution in [0.15, 0.2) is 54.7 Å². The third-order valence-electron chi connectivity index (χ3n) is 3.28. The number of non-ortho nitro benzene ring substituents is 1. The van der Waals surface area contributed by atoms with Crippen LogP contribution in [0.25, 0.3) is 16.9 Å². The summed E-state index contributed by atoms with van der Waals surface area (Å²) in [5.74, 6) is 0.